The van der Waals surface area contributed by atoms with E-state index in [2.05, 4.69) is 27.7 Å². The number of carbonyl (C=O) groups excluding carboxylic acids is 1. The highest BCUT2D eigenvalue weighted by molar-refractivity contribution is 7.89. The van der Waals surface area contributed by atoms with Crippen molar-refractivity contribution < 1.29 is 13.2 Å². The lowest BCUT2D eigenvalue weighted by molar-refractivity contribution is 0.134. The molecular formula is C18H24N4O3S2. The molecule has 1 aromatic carbocycles. The quantitative estimate of drug-likeness (QED) is 0.791. The van der Waals surface area contributed by atoms with Crippen LogP contribution in [0, 0.1) is 0 Å². The van der Waals surface area contributed by atoms with Gasteiger partial charge in [0.2, 0.25) is 10.0 Å². The molecule has 7 nitrogen and oxygen atoms in total. The maximum absolute atomic E-state index is 12.5. The molecule has 1 aromatic heterocycles. The van der Waals surface area contributed by atoms with Crippen LogP contribution in [0.15, 0.2) is 46.7 Å². The molecule has 0 aliphatic carbocycles. The fourth-order valence-electron chi connectivity index (χ4n) is 3.05. The van der Waals surface area contributed by atoms with Crippen LogP contribution in [0.5, 0.6) is 0 Å². The van der Waals surface area contributed by atoms with Gasteiger partial charge in [0.25, 0.3) is 0 Å². The van der Waals surface area contributed by atoms with Crippen LogP contribution in [-0.2, 0) is 16.6 Å². The number of rotatable bonds is 5. The maximum atomic E-state index is 12.5. The van der Waals surface area contributed by atoms with Crippen LogP contribution in [0.3, 0.4) is 0 Å². The summed E-state index contributed by atoms with van der Waals surface area (Å²) in [5, 5.41) is 10.2. The summed E-state index contributed by atoms with van der Waals surface area (Å²) in [6, 6.07) is 10.1. The van der Waals surface area contributed by atoms with Gasteiger partial charge in [0.15, 0.2) is 0 Å². The molecule has 1 aliphatic rings. The van der Waals surface area contributed by atoms with E-state index in [0.717, 1.165) is 19.6 Å². The number of nitrogens with two attached hydrogens (primary N) is 1. The minimum absolute atomic E-state index is 0.0447. The fourth-order valence-corrected chi connectivity index (χ4v) is 4.37. The lowest BCUT2D eigenvalue weighted by Gasteiger charge is -2.35. The number of nitrogens with zero attached hydrogens (tertiary/aromatic N) is 2. The number of urea groups is 1. The van der Waals surface area contributed by atoms with Gasteiger partial charge in [-0.2, -0.15) is 0 Å². The van der Waals surface area contributed by atoms with Gasteiger partial charge in [-0.25, -0.2) is 18.4 Å². The molecule has 1 aliphatic heterocycles. The fraction of sp³-hybridized carbons (Fsp3) is 0.389. The highest BCUT2D eigenvalue weighted by Gasteiger charge is 2.23. The van der Waals surface area contributed by atoms with Crippen molar-refractivity contribution in [1.29, 1.82) is 0 Å². The number of primary sulfonamides is 1. The molecule has 1 fully saturated rings. The molecular weight excluding hydrogens is 384 g/mol. The molecule has 146 valence electrons. The van der Waals surface area contributed by atoms with Gasteiger partial charge in [-0.3, -0.25) is 4.90 Å². The van der Waals surface area contributed by atoms with Gasteiger partial charge in [0.05, 0.1) is 10.9 Å². The van der Waals surface area contributed by atoms with Crippen LogP contribution < -0.4 is 10.5 Å². The highest BCUT2D eigenvalue weighted by Crippen LogP contribution is 2.18. The Hall–Kier alpha value is -1.94. The van der Waals surface area contributed by atoms with E-state index in [9.17, 15) is 13.2 Å². The Morgan fingerprint density at radius 1 is 1.22 bits per heavy atom. The van der Waals surface area contributed by atoms with Crippen LogP contribution in [-0.4, -0.2) is 50.4 Å². The van der Waals surface area contributed by atoms with Gasteiger partial charge in [0.1, 0.15) is 0 Å². The number of benzene rings is 1. The third-order valence-corrected chi connectivity index (χ3v) is 6.42. The summed E-state index contributed by atoms with van der Waals surface area (Å²) in [4.78, 5) is 18.1. The molecule has 0 spiro atoms. The van der Waals surface area contributed by atoms with Crippen LogP contribution >= 0.6 is 11.3 Å². The normalized spacial score (nSPS) is 16.9. The van der Waals surface area contributed by atoms with Crippen molar-refractivity contribution >= 4 is 27.4 Å². The molecule has 0 saturated carbocycles. The summed E-state index contributed by atoms with van der Waals surface area (Å²) in [7, 11) is -3.76. The smallest absolute Gasteiger partial charge is 0.317 e. The molecule has 2 amide bonds. The number of nitrogens with one attached hydrogen (secondary N) is 1. The lowest BCUT2D eigenvalue weighted by atomic mass is 10.1. The van der Waals surface area contributed by atoms with E-state index in [4.69, 9.17) is 5.14 Å². The molecule has 1 saturated heterocycles. The lowest BCUT2D eigenvalue weighted by Crippen LogP contribution is -2.51. The Morgan fingerprint density at radius 3 is 2.59 bits per heavy atom. The Kier molecular flexibility index (Phi) is 6.15. The molecule has 2 aromatic rings. The zero-order chi connectivity index (χ0) is 19.4. The zero-order valence-corrected chi connectivity index (χ0v) is 16.8. The zero-order valence-electron chi connectivity index (χ0n) is 15.2. The average Bonchev–Trinajstić information content (AvgIpc) is 3.14. The molecule has 9 heteroatoms. The third kappa shape index (κ3) is 5.29. The number of carbonyl (C=O) groups is 1. The monoisotopic (exact) mass is 408 g/mol. The third-order valence-electron chi connectivity index (χ3n) is 4.65. The van der Waals surface area contributed by atoms with Crippen molar-refractivity contribution in [2.24, 2.45) is 5.14 Å². The minimum Gasteiger partial charge on any atom is -0.331 e. The van der Waals surface area contributed by atoms with Crippen molar-refractivity contribution in [2.45, 2.75) is 24.4 Å². The van der Waals surface area contributed by atoms with E-state index in [-0.39, 0.29) is 17.0 Å². The molecule has 27 heavy (non-hydrogen) atoms. The van der Waals surface area contributed by atoms with Gasteiger partial charge < -0.3 is 10.2 Å². The predicted octanol–water partition coefficient (Wildman–Crippen LogP) is 1.98. The second kappa shape index (κ2) is 8.39. The average molecular weight is 409 g/mol. The van der Waals surface area contributed by atoms with Crippen molar-refractivity contribution in [3.05, 3.63) is 52.2 Å². The summed E-state index contributed by atoms with van der Waals surface area (Å²) in [5.74, 6) is 0. The van der Waals surface area contributed by atoms with Crippen molar-refractivity contribution in [3.8, 4) is 0 Å². The Bertz CT molecular complexity index is 876. The van der Waals surface area contributed by atoms with Gasteiger partial charge in [-0.1, -0.05) is 18.2 Å². The number of thiophene rings is 1. The summed E-state index contributed by atoms with van der Waals surface area (Å²) in [5.41, 5.74) is 0.700. The predicted molar refractivity (Wildman–Crippen MR) is 106 cm³/mol. The van der Waals surface area contributed by atoms with Crippen LogP contribution in [0.4, 0.5) is 4.79 Å². The molecule has 1 unspecified atom stereocenters. The first-order valence-electron chi connectivity index (χ1n) is 8.76. The molecule has 0 radical (unpaired) electrons. The summed E-state index contributed by atoms with van der Waals surface area (Å²) >= 11 is 1.75. The van der Waals surface area contributed by atoms with E-state index in [1.807, 2.05) is 6.92 Å². The topological polar surface area (TPSA) is 95.7 Å². The number of piperazine rings is 1. The van der Waals surface area contributed by atoms with Gasteiger partial charge >= 0.3 is 6.03 Å². The van der Waals surface area contributed by atoms with E-state index in [0.29, 0.717) is 18.7 Å². The van der Waals surface area contributed by atoms with Crippen LogP contribution in [0.25, 0.3) is 0 Å². The maximum Gasteiger partial charge on any atom is 0.317 e. The van der Waals surface area contributed by atoms with E-state index in [1.54, 1.807) is 28.4 Å². The Balaban J connectivity index is 1.53. The number of amides is 2. The van der Waals surface area contributed by atoms with Crippen molar-refractivity contribution in [3.63, 3.8) is 0 Å². The summed E-state index contributed by atoms with van der Waals surface area (Å²) in [6.07, 6.45) is 0. The first-order valence-corrected chi connectivity index (χ1v) is 11.2. The van der Waals surface area contributed by atoms with Gasteiger partial charge in [-0.15, -0.1) is 11.3 Å². The summed E-state index contributed by atoms with van der Waals surface area (Å²) in [6.45, 7) is 5.75. The van der Waals surface area contributed by atoms with E-state index >= 15 is 0 Å². The number of sulfonamides is 1. The standard InChI is InChI=1S/C18H24N4O3S2/c1-14(15-4-2-6-17(12-15)27(19,24)25)20-18(23)22-9-7-21(8-10-22)13-16-5-3-11-26-16/h2-6,11-12,14H,7-10,13H2,1H3,(H,20,23)(H2,19,24,25). The second-order valence-corrected chi connectivity index (χ2v) is 9.22. The number of hydrogen-bond donors (Lipinski definition) is 2. The molecule has 3 rings (SSSR count). The largest absolute Gasteiger partial charge is 0.331 e. The van der Waals surface area contributed by atoms with Crippen LogP contribution in [0.1, 0.15) is 23.4 Å². The number of hydrogen-bond acceptors (Lipinski definition) is 5. The molecule has 3 N–H and O–H groups in total. The van der Waals surface area contributed by atoms with E-state index < -0.39 is 10.0 Å². The second-order valence-electron chi connectivity index (χ2n) is 6.63. The molecule has 2 heterocycles. The summed E-state index contributed by atoms with van der Waals surface area (Å²) < 4.78 is 23.0. The van der Waals surface area contributed by atoms with Gasteiger partial charge in [-0.05, 0) is 36.1 Å². The van der Waals surface area contributed by atoms with Gasteiger partial charge in [0, 0.05) is 37.6 Å². The molecule has 1 atom stereocenters. The van der Waals surface area contributed by atoms with E-state index in [1.165, 1.54) is 17.0 Å². The van der Waals surface area contributed by atoms with Crippen LogP contribution in [0.2, 0.25) is 0 Å². The minimum atomic E-state index is -3.76. The Morgan fingerprint density at radius 2 is 1.96 bits per heavy atom. The first kappa shape index (κ1) is 19.8. The Labute approximate surface area is 163 Å². The van der Waals surface area contributed by atoms with Crippen molar-refractivity contribution in [1.82, 2.24) is 15.1 Å². The van der Waals surface area contributed by atoms with Crippen molar-refractivity contribution in [2.75, 3.05) is 26.2 Å². The SMILES string of the molecule is CC(NC(=O)N1CCN(Cc2cccs2)CC1)c1cccc(S(N)(=O)=O)c1. The first-order chi connectivity index (χ1) is 12.8. The molecule has 0 bridgehead atoms. The highest BCUT2D eigenvalue weighted by atomic mass is 32.2.